The molecule has 4 nitrogen and oxygen atoms in total. The maximum atomic E-state index is 10.8. The molecule has 0 aliphatic heterocycles. The van der Waals surface area contributed by atoms with Crippen molar-refractivity contribution in [3.63, 3.8) is 0 Å². The van der Waals surface area contributed by atoms with Crippen molar-refractivity contribution in [2.24, 2.45) is 0 Å². The van der Waals surface area contributed by atoms with E-state index in [4.69, 9.17) is 0 Å². The number of carbonyl (C=O) groups excluding carboxylic acids is 1. The van der Waals surface area contributed by atoms with E-state index in [1.54, 1.807) is 0 Å². The van der Waals surface area contributed by atoms with Crippen molar-refractivity contribution in [1.82, 2.24) is 15.0 Å². The number of aldehydes is 1. The second-order valence-corrected chi connectivity index (χ2v) is 4.16. The Hall–Kier alpha value is -1.19. The Balaban J connectivity index is 2.38. The average Bonchev–Trinajstić information content (AvgIpc) is 2.44. The van der Waals surface area contributed by atoms with Crippen LogP contribution in [-0.2, 0) is 0 Å². The molecular formula is C10H15N3O. The maximum Gasteiger partial charge on any atom is 0.172 e. The number of carbonyl (C=O) groups is 1. The van der Waals surface area contributed by atoms with E-state index in [-0.39, 0.29) is 0 Å². The highest BCUT2D eigenvalue weighted by Gasteiger charge is 2.26. The molecule has 1 heterocycles. The van der Waals surface area contributed by atoms with Gasteiger partial charge >= 0.3 is 0 Å². The van der Waals surface area contributed by atoms with E-state index in [0.29, 0.717) is 17.7 Å². The summed E-state index contributed by atoms with van der Waals surface area (Å²) in [7, 11) is 0. The monoisotopic (exact) mass is 193 g/mol. The Morgan fingerprint density at radius 2 is 2.21 bits per heavy atom. The first kappa shape index (κ1) is 9.37. The third-order valence-corrected chi connectivity index (χ3v) is 2.84. The number of rotatable bonds is 3. The predicted molar refractivity (Wildman–Crippen MR) is 52.4 cm³/mol. The lowest BCUT2D eigenvalue weighted by Gasteiger charge is -2.27. The van der Waals surface area contributed by atoms with E-state index in [9.17, 15) is 4.79 Å². The van der Waals surface area contributed by atoms with Gasteiger partial charge in [-0.2, -0.15) is 0 Å². The number of hydrogen-bond acceptors (Lipinski definition) is 3. The summed E-state index contributed by atoms with van der Waals surface area (Å²) < 4.78 is 1.94. The van der Waals surface area contributed by atoms with Gasteiger partial charge < -0.3 is 0 Å². The van der Waals surface area contributed by atoms with Crippen LogP contribution in [0.3, 0.4) is 0 Å². The Morgan fingerprint density at radius 1 is 1.50 bits per heavy atom. The lowest BCUT2D eigenvalue weighted by Crippen LogP contribution is -2.21. The van der Waals surface area contributed by atoms with E-state index in [1.807, 2.05) is 4.68 Å². The van der Waals surface area contributed by atoms with Crippen molar-refractivity contribution in [3.8, 4) is 0 Å². The number of aromatic nitrogens is 3. The third-order valence-electron chi connectivity index (χ3n) is 2.84. The van der Waals surface area contributed by atoms with E-state index >= 15 is 0 Å². The van der Waals surface area contributed by atoms with E-state index in [0.717, 1.165) is 12.0 Å². The van der Waals surface area contributed by atoms with Gasteiger partial charge in [0.05, 0.1) is 11.7 Å². The molecule has 0 unspecified atom stereocenters. The lowest BCUT2D eigenvalue weighted by molar-refractivity contribution is 0.111. The zero-order valence-electron chi connectivity index (χ0n) is 8.60. The van der Waals surface area contributed by atoms with Gasteiger partial charge in [-0.3, -0.25) is 4.79 Å². The summed E-state index contributed by atoms with van der Waals surface area (Å²) >= 11 is 0. The fourth-order valence-corrected chi connectivity index (χ4v) is 1.86. The van der Waals surface area contributed by atoms with E-state index < -0.39 is 0 Å². The normalized spacial score (nSPS) is 17.1. The van der Waals surface area contributed by atoms with Gasteiger partial charge in [-0.15, -0.1) is 5.10 Å². The number of hydrogen-bond donors (Lipinski definition) is 0. The summed E-state index contributed by atoms with van der Waals surface area (Å²) in [6.07, 6.45) is 4.40. The van der Waals surface area contributed by atoms with E-state index in [1.165, 1.54) is 19.3 Å². The molecule has 0 radical (unpaired) electrons. The molecule has 1 aliphatic rings. The first-order valence-corrected chi connectivity index (χ1v) is 5.14. The summed E-state index contributed by atoms with van der Waals surface area (Å²) in [4.78, 5) is 10.8. The van der Waals surface area contributed by atoms with Gasteiger partial charge in [0.2, 0.25) is 0 Å². The Kier molecular flexibility index (Phi) is 2.35. The van der Waals surface area contributed by atoms with Crippen molar-refractivity contribution < 1.29 is 4.79 Å². The molecule has 2 rings (SSSR count). The molecule has 0 amide bonds. The van der Waals surface area contributed by atoms with Crippen molar-refractivity contribution in [2.75, 3.05) is 0 Å². The third kappa shape index (κ3) is 1.35. The SMILES string of the molecule is CC(C)c1c(C=O)nnn1C1CCC1. The molecule has 4 heteroatoms. The number of nitrogens with zero attached hydrogens (tertiary/aromatic N) is 3. The minimum absolute atomic E-state index is 0.311. The van der Waals surface area contributed by atoms with Gasteiger partial charge in [0.25, 0.3) is 0 Å². The molecule has 0 N–H and O–H groups in total. The van der Waals surface area contributed by atoms with Crippen LogP contribution in [0.25, 0.3) is 0 Å². The quantitative estimate of drug-likeness (QED) is 0.689. The fourth-order valence-electron chi connectivity index (χ4n) is 1.86. The second kappa shape index (κ2) is 3.52. The summed E-state index contributed by atoms with van der Waals surface area (Å²) in [5.74, 6) is 0.311. The van der Waals surface area contributed by atoms with Gasteiger partial charge in [-0.05, 0) is 25.2 Å². The molecule has 76 valence electrons. The average molecular weight is 193 g/mol. The largest absolute Gasteiger partial charge is 0.296 e. The van der Waals surface area contributed by atoms with Crippen LogP contribution in [0.1, 0.15) is 61.3 Å². The van der Waals surface area contributed by atoms with Crippen molar-refractivity contribution >= 4 is 6.29 Å². The van der Waals surface area contributed by atoms with Gasteiger partial charge in [0, 0.05) is 0 Å². The highest BCUT2D eigenvalue weighted by atomic mass is 16.1. The summed E-state index contributed by atoms with van der Waals surface area (Å²) in [5.41, 5.74) is 1.50. The topological polar surface area (TPSA) is 47.8 Å². The van der Waals surface area contributed by atoms with Crippen LogP contribution < -0.4 is 0 Å². The van der Waals surface area contributed by atoms with Crippen LogP contribution in [0, 0.1) is 0 Å². The van der Waals surface area contributed by atoms with E-state index in [2.05, 4.69) is 24.2 Å². The molecule has 14 heavy (non-hydrogen) atoms. The summed E-state index contributed by atoms with van der Waals surface area (Å²) in [5, 5.41) is 7.97. The molecule has 0 saturated heterocycles. The van der Waals surface area contributed by atoms with Crippen LogP contribution in [-0.4, -0.2) is 21.3 Å². The predicted octanol–water partition coefficient (Wildman–Crippen LogP) is 1.94. The van der Waals surface area contributed by atoms with Crippen molar-refractivity contribution in [2.45, 2.75) is 45.1 Å². The van der Waals surface area contributed by atoms with Gasteiger partial charge in [0.1, 0.15) is 5.69 Å². The molecule has 1 fully saturated rings. The minimum atomic E-state index is 0.311. The second-order valence-electron chi connectivity index (χ2n) is 4.16. The molecule has 0 spiro atoms. The Labute approximate surface area is 83.3 Å². The smallest absolute Gasteiger partial charge is 0.172 e. The standard InChI is InChI=1S/C10H15N3O/c1-7(2)10-9(6-14)11-12-13(10)8-4-3-5-8/h6-8H,3-5H2,1-2H3. The van der Waals surface area contributed by atoms with Crippen LogP contribution >= 0.6 is 0 Å². The molecule has 0 bridgehead atoms. The van der Waals surface area contributed by atoms with Crippen LogP contribution in [0.5, 0.6) is 0 Å². The van der Waals surface area contributed by atoms with Gasteiger partial charge in [0.15, 0.2) is 6.29 Å². The van der Waals surface area contributed by atoms with Crippen LogP contribution in [0.2, 0.25) is 0 Å². The highest BCUT2D eigenvalue weighted by molar-refractivity contribution is 5.73. The van der Waals surface area contributed by atoms with Crippen molar-refractivity contribution in [3.05, 3.63) is 11.4 Å². The maximum absolute atomic E-state index is 10.8. The fraction of sp³-hybridized carbons (Fsp3) is 0.700. The highest BCUT2D eigenvalue weighted by Crippen LogP contribution is 2.33. The molecule has 0 aromatic carbocycles. The zero-order valence-corrected chi connectivity index (χ0v) is 8.60. The zero-order chi connectivity index (χ0) is 10.1. The van der Waals surface area contributed by atoms with Crippen molar-refractivity contribution in [1.29, 1.82) is 0 Å². The molecule has 0 atom stereocenters. The molecule has 1 aromatic heterocycles. The van der Waals surface area contributed by atoms with Crippen LogP contribution in [0.4, 0.5) is 0 Å². The molecule has 1 aliphatic carbocycles. The molecule has 1 aromatic rings. The molecular weight excluding hydrogens is 178 g/mol. The summed E-state index contributed by atoms with van der Waals surface area (Å²) in [6.45, 7) is 4.14. The Bertz CT molecular complexity index is 339. The van der Waals surface area contributed by atoms with Gasteiger partial charge in [-0.1, -0.05) is 19.1 Å². The van der Waals surface area contributed by atoms with Crippen LogP contribution in [0.15, 0.2) is 0 Å². The lowest BCUT2D eigenvalue weighted by atomic mass is 9.92. The molecule has 1 saturated carbocycles. The van der Waals surface area contributed by atoms with Gasteiger partial charge in [-0.25, -0.2) is 4.68 Å². The minimum Gasteiger partial charge on any atom is -0.296 e. The first-order chi connectivity index (χ1) is 6.74. The Morgan fingerprint density at radius 3 is 2.64 bits per heavy atom. The summed E-state index contributed by atoms with van der Waals surface area (Å²) in [6, 6.07) is 0.480. The first-order valence-electron chi connectivity index (χ1n) is 5.14.